The lowest BCUT2D eigenvalue weighted by Crippen LogP contribution is -2.34. The van der Waals surface area contributed by atoms with Crippen LogP contribution < -0.4 is 10.6 Å². The standard InChI is InChI=1S/C11H14N2O3S/c1-7(16-2)12-10(14)8-5-3-4-6-9(8)13-11(15)17/h3-7H,1-2H3,(H,12,14)(H2,13,15,17). The minimum absolute atomic E-state index is 0.322. The maximum Gasteiger partial charge on any atom is 0.280 e. The lowest BCUT2D eigenvalue weighted by Gasteiger charge is -2.14. The quantitative estimate of drug-likeness (QED) is 0.567. The zero-order valence-corrected chi connectivity index (χ0v) is 10.5. The van der Waals surface area contributed by atoms with Crippen LogP contribution in [0.25, 0.3) is 0 Å². The Kier molecular flexibility index (Phi) is 4.99. The minimum atomic E-state index is -0.523. The van der Waals surface area contributed by atoms with E-state index in [0.29, 0.717) is 11.3 Å². The van der Waals surface area contributed by atoms with Gasteiger partial charge in [-0.2, -0.15) is 0 Å². The van der Waals surface area contributed by atoms with E-state index in [-0.39, 0.29) is 5.91 Å². The molecule has 0 bridgehead atoms. The Bertz CT molecular complexity index is 423. The SMILES string of the molecule is COC(C)NC(=O)c1ccccc1NC(=O)S. The van der Waals surface area contributed by atoms with Crippen molar-refractivity contribution in [2.45, 2.75) is 13.2 Å². The molecule has 0 radical (unpaired) electrons. The number of amides is 2. The highest BCUT2D eigenvalue weighted by Gasteiger charge is 2.13. The monoisotopic (exact) mass is 254 g/mol. The average molecular weight is 254 g/mol. The number of carbonyl (C=O) groups is 2. The first-order valence-corrected chi connectivity index (χ1v) is 5.42. The van der Waals surface area contributed by atoms with Crippen molar-refractivity contribution in [3.05, 3.63) is 29.8 Å². The number of hydrogen-bond acceptors (Lipinski definition) is 3. The molecular formula is C11H14N2O3S. The lowest BCUT2D eigenvalue weighted by atomic mass is 10.1. The predicted octanol–water partition coefficient (Wildman–Crippen LogP) is 1.87. The molecule has 0 saturated heterocycles. The molecule has 2 amide bonds. The van der Waals surface area contributed by atoms with Crippen molar-refractivity contribution in [3.63, 3.8) is 0 Å². The number of nitrogens with one attached hydrogen (secondary N) is 2. The number of methoxy groups -OCH3 is 1. The summed E-state index contributed by atoms with van der Waals surface area (Å²) in [6.07, 6.45) is -0.401. The van der Waals surface area contributed by atoms with Crippen LogP contribution in [0.5, 0.6) is 0 Å². The van der Waals surface area contributed by atoms with Crippen molar-refractivity contribution in [2.75, 3.05) is 12.4 Å². The second-order valence-corrected chi connectivity index (χ2v) is 3.73. The maximum absolute atomic E-state index is 11.8. The van der Waals surface area contributed by atoms with Crippen molar-refractivity contribution in [1.29, 1.82) is 0 Å². The summed E-state index contributed by atoms with van der Waals surface area (Å²) in [5, 5.41) is 4.57. The number of hydrogen-bond donors (Lipinski definition) is 3. The fourth-order valence-corrected chi connectivity index (χ4v) is 1.35. The van der Waals surface area contributed by atoms with Crippen LogP contribution in [0.3, 0.4) is 0 Å². The van der Waals surface area contributed by atoms with Gasteiger partial charge < -0.3 is 15.4 Å². The molecule has 1 atom stereocenters. The fraction of sp³-hybridized carbons (Fsp3) is 0.273. The molecule has 0 fully saturated rings. The Labute approximate surface area is 105 Å². The summed E-state index contributed by atoms with van der Waals surface area (Å²) < 4.78 is 4.93. The van der Waals surface area contributed by atoms with Crippen LogP contribution >= 0.6 is 12.6 Å². The molecule has 5 nitrogen and oxygen atoms in total. The van der Waals surface area contributed by atoms with Gasteiger partial charge in [0.25, 0.3) is 11.1 Å². The third kappa shape index (κ3) is 4.08. The van der Waals surface area contributed by atoms with E-state index in [1.807, 2.05) is 0 Å². The molecule has 92 valence electrons. The van der Waals surface area contributed by atoms with Crippen LogP contribution in [-0.2, 0) is 4.74 Å². The van der Waals surface area contributed by atoms with E-state index in [1.165, 1.54) is 7.11 Å². The zero-order chi connectivity index (χ0) is 12.8. The summed E-state index contributed by atoms with van der Waals surface area (Å²) in [6.45, 7) is 1.71. The average Bonchev–Trinajstić information content (AvgIpc) is 2.28. The van der Waals surface area contributed by atoms with Gasteiger partial charge in [0.05, 0.1) is 11.3 Å². The molecule has 0 saturated carbocycles. The first kappa shape index (κ1) is 13.5. The molecule has 1 aromatic carbocycles. The number of ether oxygens (including phenoxy) is 1. The van der Waals surface area contributed by atoms with Crippen molar-refractivity contribution in [1.82, 2.24) is 5.32 Å². The lowest BCUT2D eigenvalue weighted by molar-refractivity contribution is 0.0659. The third-order valence-corrected chi connectivity index (χ3v) is 2.21. The van der Waals surface area contributed by atoms with E-state index in [2.05, 4.69) is 23.3 Å². The van der Waals surface area contributed by atoms with Gasteiger partial charge in [-0.15, -0.1) is 0 Å². The Balaban J connectivity index is 2.88. The summed E-state index contributed by atoms with van der Waals surface area (Å²) in [5.41, 5.74) is 0.770. The molecular weight excluding hydrogens is 240 g/mol. The molecule has 6 heteroatoms. The zero-order valence-electron chi connectivity index (χ0n) is 9.56. The second kappa shape index (κ2) is 6.27. The molecule has 17 heavy (non-hydrogen) atoms. The number of rotatable bonds is 4. The van der Waals surface area contributed by atoms with E-state index in [4.69, 9.17) is 4.74 Å². The maximum atomic E-state index is 11.8. The molecule has 0 aliphatic carbocycles. The first-order chi connectivity index (χ1) is 8.04. The fourth-order valence-electron chi connectivity index (χ4n) is 1.23. The smallest absolute Gasteiger partial charge is 0.280 e. The Morgan fingerprint density at radius 3 is 2.59 bits per heavy atom. The van der Waals surface area contributed by atoms with Crippen LogP contribution in [0.2, 0.25) is 0 Å². The van der Waals surface area contributed by atoms with Gasteiger partial charge in [-0.1, -0.05) is 24.8 Å². The minimum Gasteiger partial charge on any atom is -0.362 e. The first-order valence-electron chi connectivity index (χ1n) is 4.97. The van der Waals surface area contributed by atoms with Crippen LogP contribution in [-0.4, -0.2) is 24.5 Å². The van der Waals surface area contributed by atoms with Crippen molar-refractivity contribution in [3.8, 4) is 0 Å². The van der Waals surface area contributed by atoms with Gasteiger partial charge in [0.15, 0.2) is 0 Å². The van der Waals surface area contributed by atoms with Gasteiger partial charge in [0.2, 0.25) is 0 Å². The van der Waals surface area contributed by atoms with Crippen molar-refractivity contribution in [2.24, 2.45) is 0 Å². The van der Waals surface area contributed by atoms with Crippen molar-refractivity contribution >= 4 is 29.5 Å². The van der Waals surface area contributed by atoms with E-state index >= 15 is 0 Å². The number of para-hydroxylation sites is 1. The van der Waals surface area contributed by atoms with Crippen LogP contribution in [0.4, 0.5) is 10.5 Å². The summed E-state index contributed by atoms with van der Waals surface area (Å²) in [7, 11) is 1.49. The number of benzene rings is 1. The van der Waals surface area contributed by atoms with Crippen molar-refractivity contribution < 1.29 is 14.3 Å². The topological polar surface area (TPSA) is 67.4 Å². The highest BCUT2D eigenvalue weighted by Crippen LogP contribution is 2.15. The van der Waals surface area contributed by atoms with E-state index in [9.17, 15) is 9.59 Å². The van der Waals surface area contributed by atoms with E-state index in [1.54, 1.807) is 31.2 Å². The second-order valence-electron chi connectivity index (χ2n) is 3.33. The van der Waals surface area contributed by atoms with Gasteiger partial charge in [-0.05, 0) is 19.1 Å². The normalized spacial score (nSPS) is 11.7. The Morgan fingerprint density at radius 1 is 1.35 bits per heavy atom. The predicted molar refractivity (Wildman–Crippen MR) is 68.4 cm³/mol. The Hall–Kier alpha value is -1.53. The summed E-state index contributed by atoms with van der Waals surface area (Å²) in [6, 6.07) is 6.66. The molecule has 0 heterocycles. The number of carbonyl (C=O) groups excluding carboxylic acids is 2. The number of anilines is 1. The van der Waals surface area contributed by atoms with Gasteiger partial charge in [-0.25, -0.2) is 0 Å². The molecule has 0 aliphatic rings. The molecule has 1 rings (SSSR count). The van der Waals surface area contributed by atoms with Gasteiger partial charge in [0, 0.05) is 7.11 Å². The molecule has 0 aliphatic heterocycles. The Morgan fingerprint density at radius 2 is 2.00 bits per heavy atom. The molecule has 1 aromatic rings. The summed E-state index contributed by atoms with van der Waals surface area (Å²) in [4.78, 5) is 22.7. The molecule has 0 aromatic heterocycles. The molecule has 2 N–H and O–H groups in total. The van der Waals surface area contributed by atoms with E-state index < -0.39 is 11.5 Å². The highest BCUT2D eigenvalue weighted by molar-refractivity contribution is 7.96. The van der Waals surface area contributed by atoms with Crippen LogP contribution in [0.1, 0.15) is 17.3 Å². The van der Waals surface area contributed by atoms with E-state index in [0.717, 1.165) is 0 Å². The molecule has 0 spiro atoms. The third-order valence-electron chi connectivity index (χ3n) is 2.10. The summed E-state index contributed by atoms with van der Waals surface area (Å²) in [5.74, 6) is -0.322. The van der Waals surface area contributed by atoms with Crippen LogP contribution in [0, 0.1) is 0 Å². The largest absolute Gasteiger partial charge is 0.362 e. The van der Waals surface area contributed by atoms with Crippen LogP contribution in [0.15, 0.2) is 24.3 Å². The van der Waals surface area contributed by atoms with Gasteiger partial charge in [-0.3, -0.25) is 9.59 Å². The molecule has 1 unspecified atom stereocenters. The number of thiol groups is 1. The van der Waals surface area contributed by atoms with Gasteiger partial charge >= 0.3 is 0 Å². The highest BCUT2D eigenvalue weighted by atomic mass is 32.1. The summed E-state index contributed by atoms with van der Waals surface area (Å²) >= 11 is 3.61. The van der Waals surface area contributed by atoms with Gasteiger partial charge in [0.1, 0.15) is 6.23 Å².